The van der Waals surface area contributed by atoms with Crippen LogP contribution in [0.15, 0.2) is 29.1 Å². The number of fused-ring (bicyclic) bond motifs is 1. The molecular formula is C15H17NO4. The lowest BCUT2D eigenvalue weighted by atomic mass is 10.1. The molecule has 0 radical (unpaired) electrons. The van der Waals surface area contributed by atoms with Crippen LogP contribution in [0.4, 0.5) is 0 Å². The van der Waals surface area contributed by atoms with Crippen molar-refractivity contribution in [3.8, 4) is 5.75 Å². The number of nitrogens with zero attached hydrogens (tertiary/aromatic N) is 1. The summed E-state index contributed by atoms with van der Waals surface area (Å²) in [6.45, 7) is 3.58. The largest absolute Gasteiger partial charge is 0.497 e. The van der Waals surface area contributed by atoms with E-state index in [1.54, 1.807) is 19.1 Å². The van der Waals surface area contributed by atoms with Gasteiger partial charge in [0.1, 0.15) is 11.8 Å². The number of methoxy groups -OCH3 is 1. The van der Waals surface area contributed by atoms with E-state index in [2.05, 4.69) is 0 Å². The molecule has 1 aromatic carbocycles. The number of aromatic nitrogens is 1. The van der Waals surface area contributed by atoms with Crippen molar-refractivity contribution in [3.05, 3.63) is 40.2 Å². The van der Waals surface area contributed by atoms with Crippen molar-refractivity contribution in [2.45, 2.75) is 26.3 Å². The first-order valence-electron chi connectivity index (χ1n) is 6.42. The predicted octanol–water partition coefficient (Wildman–Crippen LogP) is 2.35. The molecule has 1 aromatic heterocycles. The molecule has 0 fully saturated rings. The van der Waals surface area contributed by atoms with E-state index in [-0.39, 0.29) is 5.56 Å². The fourth-order valence-electron chi connectivity index (χ4n) is 2.41. The van der Waals surface area contributed by atoms with E-state index in [1.807, 2.05) is 13.0 Å². The minimum Gasteiger partial charge on any atom is -0.497 e. The highest BCUT2D eigenvalue weighted by atomic mass is 16.5. The number of hydrogen-bond donors (Lipinski definition) is 1. The minimum atomic E-state index is -1.01. The molecule has 0 saturated carbocycles. The average Bonchev–Trinajstić information content (AvgIpc) is 2.42. The Morgan fingerprint density at radius 1 is 1.40 bits per heavy atom. The van der Waals surface area contributed by atoms with Crippen LogP contribution in [0.25, 0.3) is 10.9 Å². The highest BCUT2D eigenvalue weighted by molar-refractivity contribution is 5.85. The van der Waals surface area contributed by atoms with Crippen LogP contribution in [-0.4, -0.2) is 22.8 Å². The first-order chi connectivity index (χ1) is 9.49. The van der Waals surface area contributed by atoms with Crippen molar-refractivity contribution in [1.82, 2.24) is 4.57 Å². The maximum atomic E-state index is 12.2. The summed E-state index contributed by atoms with van der Waals surface area (Å²) in [5, 5.41) is 10.2. The Balaban J connectivity index is 2.87. The number of ether oxygens (including phenoxy) is 1. The van der Waals surface area contributed by atoms with Gasteiger partial charge in [0.25, 0.3) is 5.56 Å². The molecule has 5 nitrogen and oxygen atoms in total. The fourth-order valence-corrected chi connectivity index (χ4v) is 2.41. The molecule has 1 atom stereocenters. The van der Waals surface area contributed by atoms with Gasteiger partial charge in [-0.15, -0.1) is 0 Å². The molecule has 0 spiro atoms. The lowest BCUT2D eigenvalue weighted by Crippen LogP contribution is -2.29. The highest BCUT2D eigenvalue weighted by Crippen LogP contribution is 2.25. The number of aliphatic carboxylic acids is 1. The van der Waals surface area contributed by atoms with E-state index < -0.39 is 12.0 Å². The van der Waals surface area contributed by atoms with Crippen molar-refractivity contribution in [2.24, 2.45) is 0 Å². The standard InChI is InChI=1S/C15H17NO4/c1-4-12(15(18)19)16-13-8-10(20-3)5-6-11(13)9(2)7-14(16)17/h5-8,12H,4H2,1-3H3,(H,18,19). The average molecular weight is 275 g/mol. The molecule has 0 aliphatic rings. The molecule has 0 bridgehead atoms. The second-order valence-electron chi connectivity index (χ2n) is 4.68. The number of hydrogen-bond acceptors (Lipinski definition) is 3. The van der Waals surface area contributed by atoms with E-state index >= 15 is 0 Å². The van der Waals surface area contributed by atoms with E-state index in [4.69, 9.17) is 4.74 Å². The smallest absolute Gasteiger partial charge is 0.326 e. The Kier molecular flexibility index (Phi) is 3.79. The molecule has 20 heavy (non-hydrogen) atoms. The van der Waals surface area contributed by atoms with Crippen LogP contribution in [0, 0.1) is 6.92 Å². The Hall–Kier alpha value is -2.30. The molecule has 0 saturated heterocycles. The summed E-state index contributed by atoms with van der Waals surface area (Å²) < 4.78 is 6.49. The van der Waals surface area contributed by atoms with Gasteiger partial charge in [0.15, 0.2) is 0 Å². The zero-order valence-corrected chi connectivity index (χ0v) is 11.7. The van der Waals surface area contributed by atoms with E-state index in [0.29, 0.717) is 17.7 Å². The number of aryl methyl sites for hydroxylation is 1. The Bertz CT molecular complexity index is 718. The van der Waals surface area contributed by atoms with Gasteiger partial charge in [0.2, 0.25) is 0 Å². The highest BCUT2D eigenvalue weighted by Gasteiger charge is 2.21. The Morgan fingerprint density at radius 2 is 2.10 bits per heavy atom. The van der Waals surface area contributed by atoms with E-state index in [0.717, 1.165) is 10.9 Å². The molecule has 1 unspecified atom stereocenters. The molecule has 106 valence electrons. The summed E-state index contributed by atoms with van der Waals surface area (Å²) in [4.78, 5) is 23.6. The zero-order valence-electron chi connectivity index (χ0n) is 11.7. The lowest BCUT2D eigenvalue weighted by molar-refractivity contribution is -0.140. The topological polar surface area (TPSA) is 68.5 Å². The number of benzene rings is 1. The summed E-state index contributed by atoms with van der Waals surface area (Å²) in [5.41, 5.74) is 1.10. The van der Waals surface area contributed by atoms with Gasteiger partial charge in [-0.2, -0.15) is 0 Å². The second kappa shape index (κ2) is 5.36. The lowest BCUT2D eigenvalue weighted by Gasteiger charge is -2.18. The van der Waals surface area contributed by atoms with Crippen LogP contribution < -0.4 is 10.3 Å². The van der Waals surface area contributed by atoms with E-state index in [1.165, 1.54) is 17.7 Å². The molecule has 1 heterocycles. The van der Waals surface area contributed by atoms with Gasteiger partial charge in [0.05, 0.1) is 12.6 Å². The third-order valence-electron chi connectivity index (χ3n) is 3.45. The molecular weight excluding hydrogens is 258 g/mol. The third-order valence-corrected chi connectivity index (χ3v) is 3.45. The van der Waals surface area contributed by atoms with Gasteiger partial charge in [-0.05, 0) is 31.0 Å². The number of pyridine rings is 1. The Labute approximate surface area is 116 Å². The summed E-state index contributed by atoms with van der Waals surface area (Å²) in [6.07, 6.45) is 0.338. The van der Waals surface area contributed by atoms with Crippen LogP contribution in [0.2, 0.25) is 0 Å². The van der Waals surface area contributed by atoms with Crippen LogP contribution in [0.5, 0.6) is 5.75 Å². The summed E-state index contributed by atoms with van der Waals surface area (Å²) in [5.74, 6) is -0.418. The molecule has 0 amide bonds. The number of rotatable bonds is 4. The normalized spacial score (nSPS) is 12.3. The maximum Gasteiger partial charge on any atom is 0.326 e. The SMILES string of the molecule is CCC(C(=O)O)n1c(=O)cc(C)c2ccc(OC)cc21. The summed E-state index contributed by atoms with van der Waals surface area (Å²) in [6, 6.07) is 5.94. The third kappa shape index (κ3) is 2.27. The first kappa shape index (κ1) is 14.1. The van der Waals surface area contributed by atoms with Crippen molar-refractivity contribution in [3.63, 3.8) is 0 Å². The number of carbonyl (C=O) groups is 1. The van der Waals surface area contributed by atoms with Crippen LogP contribution in [0.1, 0.15) is 24.9 Å². The molecule has 0 aliphatic carbocycles. The van der Waals surface area contributed by atoms with Gasteiger partial charge >= 0.3 is 5.97 Å². The molecule has 2 rings (SSSR count). The van der Waals surface area contributed by atoms with Crippen molar-refractivity contribution < 1.29 is 14.6 Å². The van der Waals surface area contributed by atoms with Crippen molar-refractivity contribution in [1.29, 1.82) is 0 Å². The number of carboxylic acid groups (broad SMARTS) is 1. The second-order valence-corrected chi connectivity index (χ2v) is 4.68. The van der Waals surface area contributed by atoms with Crippen LogP contribution in [-0.2, 0) is 4.79 Å². The minimum absolute atomic E-state index is 0.308. The molecule has 0 aliphatic heterocycles. The quantitative estimate of drug-likeness (QED) is 0.930. The monoisotopic (exact) mass is 275 g/mol. The van der Waals surface area contributed by atoms with Crippen LogP contribution in [0.3, 0.4) is 0 Å². The number of carboxylic acids is 1. The predicted molar refractivity (Wildman–Crippen MR) is 76.5 cm³/mol. The van der Waals surface area contributed by atoms with Gasteiger partial charge in [-0.1, -0.05) is 6.92 Å². The molecule has 5 heteroatoms. The van der Waals surface area contributed by atoms with Gasteiger partial charge in [-0.3, -0.25) is 9.36 Å². The van der Waals surface area contributed by atoms with Gasteiger partial charge in [0, 0.05) is 17.5 Å². The molecule has 2 aromatic rings. The van der Waals surface area contributed by atoms with E-state index in [9.17, 15) is 14.7 Å². The van der Waals surface area contributed by atoms with Crippen LogP contribution >= 0.6 is 0 Å². The fraction of sp³-hybridized carbons (Fsp3) is 0.333. The molecule has 1 N–H and O–H groups in total. The van der Waals surface area contributed by atoms with Crippen molar-refractivity contribution in [2.75, 3.05) is 7.11 Å². The zero-order chi connectivity index (χ0) is 14.9. The maximum absolute atomic E-state index is 12.2. The van der Waals surface area contributed by atoms with Crippen molar-refractivity contribution >= 4 is 16.9 Å². The summed E-state index contributed by atoms with van der Waals surface area (Å²) >= 11 is 0. The first-order valence-corrected chi connectivity index (χ1v) is 6.42. The van der Waals surface area contributed by atoms with Gasteiger partial charge < -0.3 is 9.84 Å². The van der Waals surface area contributed by atoms with Gasteiger partial charge in [-0.25, -0.2) is 4.79 Å². The Morgan fingerprint density at radius 3 is 2.65 bits per heavy atom. The summed E-state index contributed by atoms with van der Waals surface area (Å²) in [7, 11) is 1.54.